The van der Waals surface area contributed by atoms with Gasteiger partial charge in [-0.2, -0.15) is 0 Å². The SMILES string of the molecule is COCCCc1nc(-c2ccc(C(C)(C)C)cc2)c(C)s1. The molecule has 0 radical (unpaired) electrons. The van der Waals surface area contributed by atoms with Crippen molar-refractivity contribution in [1.29, 1.82) is 0 Å². The van der Waals surface area contributed by atoms with Gasteiger partial charge in [-0.1, -0.05) is 45.0 Å². The number of thiazole rings is 1. The van der Waals surface area contributed by atoms with E-state index in [2.05, 4.69) is 52.0 Å². The Morgan fingerprint density at radius 3 is 2.38 bits per heavy atom. The molecule has 1 aromatic carbocycles. The van der Waals surface area contributed by atoms with Gasteiger partial charge < -0.3 is 4.74 Å². The maximum Gasteiger partial charge on any atom is 0.0936 e. The maximum absolute atomic E-state index is 5.11. The van der Waals surface area contributed by atoms with E-state index in [-0.39, 0.29) is 5.41 Å². The van der Waals surface area contributed by atoms with Crippen LogP contribution in [0.4, 0.5) is 0 Å². The molecule has 2 rings (SSSR count). The van der Waals surface area contributed by atoms with Gasteiger partial charge in [0, 0.05) is 30.6 Å². The van der Waals surface area contributed by atoms with E-state index in [1.165, 1.54) is 21.0 Å². The number of ether oxygens (including phenoxy) is 1. The number of hydrogen-bond acceptors (Lipinski definition) is 3. The first-order valence-corrected chi connectivity index (χ1v) is 8.29. The molecular formula is C18H25NOS. The van der Waals surface area contributed by atoms with Crippen molar-refractivity contribution in [2.24, 2.45) is 0 Å². The molecule has 0 atom stereocenters. The molecule has 2 aromatic rings. The summed E-state index contributed by atoms with van der Waals surface area (Å²) in [6.07, 6.45) is 2.03. The highest BCUT2D eigenvalue weighted by atomic mass is 32.1. The van der Waals surface area contributed by atoms with Crippen LogP contribution in [0.3, 0.4) is 0 Å². The molecule has 0 saturated heterocycles. The lowest BCUT2D eigenvalue weighted by molar-refractivity contribution is 0.195. The fourth-order valence-electron chi connectivity index (χ4n) is 2.32. The van der Waals surface area contributed by atoms with Gasteiger partial charge in [0.05, 0.1) is 10.7 Å². The quantitative estimate of drug-likeness (QED) is 0.726. The molecular weight excluding hydrogens is 278 g/mol. The Hall–Kier alpha value is -1.19. The van der Waals surface area contributed by atoms with Crippen molar-refractivity contribution < 1.29 is 4.74 Å². The molecule has 3 heteroatoms. The number of aryl methyl sites for hydroxylation is 2. The molecule has 2 nitrogen and oxygen atoms in total. The molecule has 0 aliphatic carbocycles. The third-order valence-corrected chi connectivity index (χ3v) is 4.63. The van der Waals surface area contributed by atoms with Crippen molar-refractivity contribution in [2.75, 3.05) is 13.7 Å². The summed E-state index contributed by atoms with van der Waals surface area (Å²) in [4.78, 5) is 6.10. The number of aromatic nitrogens is 1. The molecule has 0 unspecified atom stereocenters. The monoisotopic (exact) mass is 303 g/mol. The molecule has 0 N–H and O–H groups in total. The molecule has 0 spiro atoms. The second-order valence-electron chi connectivity index (χ2n) is 6.44. The Labute approximate surface area is 132 Å². The molecule has 0 saturated carbocycles. The number of benzene rings is 1. The molecule has 21 heavy (non-hydrogen) atoms. The van der Waals surface area contributed by atoms with Gasteiger partial charge in [-0.3, -0.25) is 0 Å². The summed E-state index contributed by atoms with van der Waals surface area (Å²) in [7, 11) is 1.75. The Morgan fingerprint density at radius 2 is 1.81 bits per heavy atom. The third-order valence-electron chi connectivity index (χ3n) is 3.60. The lowest BCUT2D eigenvalue weighted by Gasteiger charge is -2.19. The number of nitrogens with zero attached hydrogens (tertiary/aromatic N) is 1. The molecule has 0 aliphatic rings. The molecule has 114 valence electrons. The summed E-state index contributed by atoms with van der Waals surface area (Å²) >= 11 is 1.80. The van der Waals surface area contributed by atoms with Gasteiger partial charge in [0.15, 0.2) is 0 Å². The van der Waals surface area contributed by atoms with Gasteiger partial charge in [-0.25, -0.2) is 4.98 Å². The smallest absolute Gasteiger partial charge is 0.0936 e. The standard InChI is InChI=1S/C18H25NOS/c1-13-17(19-16(21-13)7-6-12-20-5)14-8-10-15(11-9-14)18(2,3)4/h8-11H,6-7,12H2,1-5H3. The van der Waals surface area contributed by atoms with Crippen LogP contribution in [0.2, 0.25) is 0 Å². The highest BCUT2D eigenvalue weighted by Gasteiger charge is 2.14. The van der Waals surface area contributed by atoms with Crippen molar-refractivity contribution in [1.82, 2.24) is 4.98 Å². The van der Waals surface area contributed by atoms with E-state index in [0.717, 1.165) is 25.1 Å². The summed E-state index contributed by atoms with van der Waals surface area (Å²) in [5.74, 6) is 0. The van der Waals surface area contributed by atoms with Crippen LogP contribution in [0.5, 0.6) is 0 Å². The van der Waals surface area contributed by atoms with E-state index in [1.807, 2.05) is 0 Å². The van der Waals surface area contributed by atoms with E-state index in [0.29, 0.717) is 0 Å². The average molecular weight is 303 g/mol. The summed E-state index contributed by atoms with van der Waals surface area (Å²) in [6.45, 7) is 9.68. The van der Waals surface area contributed by atoms with Gasteiger partial charge in [0.25, 0.3) is 0 Å². The summed E-state index contributed by atoms with van der Waals surface area (Å²) in [5.41, 5.74) is 3.91. The predicted molar refractivity (Wildman–Crippen MR) is 91.2 cm³/mol. The van der Waals surface area contributed by atoms with Crippen LogP contribution in [-0.4, -0.2) is 18.7 Å². The van der Waals surface area contributed by atoms with E-state index in [1.54, 1.807) is 18.4 Å². The molecule has 0 fully saturated rings. The zero-order valence-corrected chi connectivity index (χ0v) is 14.5. The van der Waals surface area contributed by atoms with Crippen LogP contribution in [0.15, 0.2) is 24.3 Å². The number of hydrogen-bond donors (Lipinski definition) is 0. The van der Waals surface area contributed by atoms with Crippen molar-refractivity contribution in [2.45, 2.75) is 46.0 Å². The van der Waals surface area contributed by atoms with Crippen LogP contribution < -0.4 is 0 Å². The first kappa shape index (κ1) is 16.2. The van der Waals surface area contributed by atoms with Crippen LogP contribution >= 0.6 is 11.3 Å². The third kappa shape index (κ3) is 4.14. The fraction of sp³-hybridized carbons (Fsp3) is 0.500. The lowest BCUT2D eigenvalue weighted by atomic mass is 9.86. The molecule has 1 aromatic heterocycles. The van der Waals surface area contributed by atoms with Crippen molar-refractivity contribution in [3.8, 4) is 11.3 Å². The highest BCUT2D eigenvalue weighted by Crippen LogP contribution is 2.30. The zero-order valence-electron chi connectivity index (χ0n) is 13.7. The lowest BCUT2D eigenvalue weighted by Crippen LogP contribution is -2.10. The Kier molecular flexibility index (Phi) is 5.17. The van der Waals surface area contributed by atoms with Gasteiger partial charge in [-0.15, -0.1) is 11.3 Å². The van der Waals surface area contributed by atoms with Crippen LogP contribution in [-0.2, 0) is 16.6 Å². The molecule has 0 aliphatic heterocycles. The molecule has 0 bridgehead atoms. The minimum atomic E-state index is 0.195. The minimum absolute atomic E-state index is 0.195. The van der Waals surface area contributed by atoms with E-state index >= 15 is 0 Å². The van der Waals surface area contributed by atoms with Crippen LogP contribution in [0, 0.1) is 6.92 Å². The first-order valence-electron chi connectivity index (χ1n) is 7.48. The Balaban J connectivity index is 2.18. The van der Waals surface area contributed by atoms with Gasteiger partial charge in [0.1, 0.15) is 0 Å². The minimum Gasteiger partial charge on any atom is -0.385 e. The summed E-state index contributed by atoms with van der Waals surface area (Å²) in [5, 5.41) is 1.21. The van der Waals surface area contributed by atoms with Gasteiger partial charge in [-0.05, 0) is 24.3 Å². The van der Waals surface area contributed by atoms with Crippen molar-refractivity contribution >= 4 is 11.3 Å². The van der Waals surface area contributed by atoms with Crippen LogP contribution in [0.1, 0.15) is 42.6 Å². The van der Waals surface area contributed by atoms with E-state index in [9.17, 15) is 0 Å². The topological polar surface area (TPSA) is 22.1 Å². The Bertz CT molecular complexity index is 578. The first-order chi connectivity index (χ1) is 9.91. The number of rotatable bonds is 5. The normalized spacial score (nSPS) is 11.9. The van der Waals surface area contributed by atoms with Crippen molar-refractivity contribution in [3.63, 3.8) is 0 Å². The fourth-order valence-corrected chi connectivity index (χ4v) is 3.32. The largest absolute Gasteiger partial charge is 0.385 e. The predicted octanol–water partition coefficient (Wildman–Crippen LogP) is 5.00. The maximum atomic E-state index is 5.11. The second kappa shape index (κ2) is 6.71. The van der Waals surface area contributed by atoms with E-state index in [4.69, 9.17) is 9.72 Å². The van der Waals surface area contributed by atoms with Crippen LogP contribution in [0.25, 0.3) is 11.3 Å². The van der Waals surface area contributed by atoms with Gasteiger partial charge in [0.2, 0.25) is 0 Å². The molecule has 0 amide bonds. The van der Waals surface area contributed by atoms with Gasteiger partial charge >= 0.3 is 0 Å². The zero-order chi connectivity index (χ0) is 15.5. The second-order valence-corrected chi connectivity index (χ2v) is 7.72. The average Bonchev–Trinajstić information content (AvgIpc) is 2.79. The summed E-state index contributed by atoms with van der Waals surface area (Å²) in [6, 6.07) is 8.83. The molecule has 1 heterocycles. The van der Waals surface area contributed by atoms with E-state index < -0.39 is 0 Å². The highest BCUT2D eigenvalue weighted by molar-refractivity contribution is 7.12. The van der Waals surface area contributed by atoms with Crippen molar-refractivity contribution in [3.05, 3.63) is 39.7 Å². The Morgan fingerprint density at radius 1 is 1.14 bits per heavy atom. The number of methoxy groups -OCH3 is 1. The summed E-state index contributed by atoms with van der Waals surface area (Å²) < 4.78 is 5.11.